The third kappa shape index (κ3) is 3.36. The third-order valence-electron chi connectivity index (χ3n) is 7.44. The second-order valence-electron chi connectivity index (χ2n) is 9.05. The van der Waals surface area contributed by atoms with Gasteiger partial charge in [-0.1, -0.05) is 18.2 Å². The zero-order valence-electron chi connectivity index (χ0n) is 19.8. The number of fused-ring (bicyclic) bond motifs is 5. The molecule has 0 bridgehead atoms. The molecule has 0 saturated heterocycles. The molecule has 0 saturated carbocycles. The molecule has 6 heteroatoms. The van der Waals surface area contributed by atoms with Crippen molar-refractivity contribution in [2.75, 3.05) is 34.7 Å². The Labute approximate surface area is 200 Å². The van der Waals surface area contributed by atoms with Gasteiger partial charge in [-0.15, -0.1) is 0 Å². The van der Waals surface area contributed by atoms with E-state index < -0.39 is 0 Å². The van der Waals surface area contributed by atoms with Crippen LogP contribution in [0, 0.1) is 0 Å². The molecule has 0 fully saturated rings. The van der Waals surface area contributed by atoms with Gasteiger partial charge in [0.2, 0.25) is 6.79 Å². The highest BCUT2D eigenvalue weighted by atomic mass is 16.7. The SMILES string of the molecule is COc1ccc(C[C@@H]2c3c(ccc(OC)c3OC)C[C@H]3c4cc5c(cc4CCN23)OCO5)cc1. The van der Waals surface area contributed by atoms with Crippen LogP contribution in [0.1, 0.15) is 39.9 Å². The van der Waals surface area contributed by atoms with Gasteiger partial charge in [0.25, 0.3) is 0 Å². The Bertz CT molecular complexity index is 1220. The summed E-state index contributed by atoms with van der Waals surface area (Å²) < 4.78 is 28.4. The van der Waals surface area contributed by atoms with E-state index in [2.05, 4.69) is 35.2 Å². The molecule has 0 aromatic heterocycles. The van der Waals surface area contributed by atoms with Crippen molar-refractivity contribution in [1.29, 1.82) is 0 Å². The first-order chi connectivity index (χ1) is 16.7. The van der Waals surface area contributed by atoms with E-state index in [0.717, 1.165) is 54.6 Å². The first-order valence-corrected chi connectivity index (χ1v) is 11.7. The number of nitrogens with zero attached hydrogens (tertiary/aromatic N) is 1. The molecular formula is C28H29NO5. The Morgan fingerprint density at radius 2 is 1.68 bits per heavy atom. The molecule has 34 heavy (non-hydrogen) atoms. The van der Waals surface area contributed by atoms with Crippen LogP contribution in [-0.4, -0.2) is 39.6 Å². The maximum absolute atomic E-state index is 5.94. The van der Waals surface area contributed by atoms with Gasteiger partial charge in [-0.2, -0.15) is 0 Å². The fraction of sp³-hybridized carbons (Fsp3) is 0.357. The van der Waals surface area contributed by atoms with Crippen molar-refractivity contribution in [1.82, 2.24) is 4.90 Å². The molecule has 2 atom stereocenters. The fourth-order valence-electron chi connectivity index (χ4n) is 5.82. The van der Waals surface area contributed by atoms with Gasteiger partial charge in [-0.25, -0.2) is 0 Å². The summed E-state index contributed by atoms with van der Waals surface area (Å²) in [6, 6.07) is 17.4. The van der Waals surface area contributed by atoms with Crippen LogP contribution in [-0.2, 0) is 19.3 Å². The molecular weight excluding hydrogens is 430 g/mol. The van der Waals surface area contributed by atoms with Gasteiger partial charge in [-0.05, 0) is 71.8 Å². The van der Waals surface area contributed by atoms with Crippen molar-refractivity contribution in [3.8, 4) is 28.7 Å². The molecule has 0 unspecified atom stereocenters. The molecule has 3 aliphatic heterocycles. The summed E-state index contributed by atoms with van der Waals surface area (Å²) in [6.07, 6.45) is 2.77. The Kier molecular flexibility index (Phi) is 5.26. The van der Waals surface area contributed by atoms with Crippen molar-refractivity contribution >= 4 is 0 Å². The number of ether oxygens (including phenoxy) is 5. The number of rotatable bonds is 5. The van der Waals surface area contributed by atoms with Gasteiger partial charge < -0.3 is 23.7 Å². The normalized spacial score (nSPS) is 20.2. The Balaban J connectivity index is 1.46. The van der Waals surface area contributed by atoms with Gasteiger partial charge in [0.1, 0.15) is 5.75 Å². The summed E-state index contributed by atoms with van der Waals surface area (Å²) in [4.78, 5) is 2.64. The summed E-state index contributed by atoms with van der Waals surface area (Å²) >= 11 is 0. The monoisotopic (exact) mass is 459 g/mol. The van der Waals surface area contributed by atoms with E-state index in [-0.39, 0.29) is 12.1 Å². The zero-order chi connectivity index (χ0) is 23.2. The van der Waals surface area contributed by atoms with Crippen LogP contribution in [0.15, 0.2) is 48.5 Å². The van der Waals surface area contributed by atoms with E-state index in [4.69, 9.17) is 23.7 Å². The van der Waals surface area contributed by atoms with E-state index in [1.807, 2.05) is 18.2 Å². The van der Waals surface area contributed by atoms with E-state index >= 15 is 0 Å². The number of hydrogen-bond donors (Lipinski definition) is 0. The van der Waals surface area contributed by atoms with Crippen LogP contribution in [0.4, 0.5) is 0 Å². The highest BCUT2D eigenvalue weighted by molar-refractivity contribution is 5.57. The van der Waals surface area contributed by atoms with Gasteiger partial charge >= 0.3 is 0 Å². The van der Waals surface area contributed by atoms with Crippen LogP contribution in [0.5, 0.6) is 28.7 Å². The molecule has 3 aliphatic rings. The van der Waals surface area contributed by atoms with Crippen molar-refractivity contribution in [2.24, 2.45) is 0 Å². The standard InChI is InChI=1S/C28H29NO5/c1-30-20-7-4-17(5-8-20)12-23-27-19(6-9-24(31-2)28(27)32-3)13-22-21-15-26-25(33-16-34-26)14-18(21)10-11-29(22)23/h4-9,14-15,22-23H,10-13,16H2,1-3H3/t22-,23+/m0/s1. The minimum absolute atomic E-state index is 0.158. The largest absolute Gasteiger partial charge is 0.497 e. The van der Waals surface area contributed by atoms with Crippen LogP contribution in [0.2, 0.25) is 0 Å². The number of benzene rings is 3. The lowest BCUT2D eigenvalue weighted by atomic mass is 9.78. The Morgan fingerprint density at radius 1 is 0.882 bits per heavy atom. The first-order valence-electron chi connectivity index (χ1n) is 11.7. The summed E-state index contributed by atoms with van der Waals surface area (Å²) in [5, 5.41) is 0. The molecule has 3 aromatic rings. The summed E-state index contributed by atoms with van der Waals surface area (Å²) in [7, 11) is 5.14. The van der Waals surface area contributed by atoms with Crippen LogP contribution in [0.3, 0.4) is 0 Å². The van der Waals surface area contributed by atoms with Crippen molar-refractivity contribution in [3.63, 3.8) is 0 Å². The van der Waals surface area contributed by atoms with Crippen molar-refractivity contribution in [2.45, 2.75) is 31.3 Å². The Morgan fingerprint density at radius 3 is 2.41 bits per heavy atom. The maximum Gasteiger partial charge on any atom is 0.231 e. The maximum atomic E-state index is 5.94. The van der Waals surface area contributed by atoms with Crippen LogP contribution < -0.4 is 23.7 Å². The average molecular weight is 460 g/mol. The van der Waals surface area contributed by atoms with Gasteiger partial charge in [0, 0.05) is 24.2 Å². The first kappa shape index (κ1) is 21.2. The van der Waals surface area contributed by atoms with Crippen LogP contribution >= 0.6 is 0 Å². The molecule has 0 amide bonds. The molecule has 176 valence electrons. The molecule has 3 heterocycles. The topological polar surface area (TPSA) is 49.4 Å². The van der Waals surface area contributed by atoms with Crippen molar-refractivity contribution in [3.05, 3.63) is 76.3 Å². The van der Waals surface area contributed by atoms with Crippen LogP contribution in [0.25, 0.3) is 0 Å². The van der Waals surface area contributed by atoms with Gasteiger partial charge in [0.05, 0.1) is 21.3 Å². The summed E-state index contributed by atoms with van der Waals surface area (Å²) in [5.74, 6) is 4.21. The van der Waals surface area contributed by atoms with E-state index in [1.54, 1.807) is 21.3 Å². The lowest BCUT2D eigenvalue weighted by Gasteiger charge is -2.47. The quantitative estimate of drug-likeness (QED) is 0.542. The van der Waals surface area contributed by atoms with E-state index in [1.165, 1.54) is 27.8 Å². The molecule has 0 N–H and O–H groups in total. The molecule has 0 radical (unpaired) electrons. The minimum Gasteiger partial charge on any atom is -0.497 e. The average Bonchev–Trinajstić information content (AvgIpc) is 3.34. The molecule has 0 aliphatic carbocycles. The lowest BCUT2D eigenvalue weighted by molar-refractivity contribution is 0.103. The molecule has 3 aromatic carbocycles. The van der Waals surface area contributed by atoms with Crippen molar-refractivity contribution < 1.29 is 23.7 Å². The van der Waals surface area contributed by atoms with Gasteiger partial charge in [-0.3, -0.25) is 4.90 Å². The van der Waals surface area contributed by atoms with E-state index in [0.29, 0.717) is 6.79 Å². The summed E-state index contributed by atoms with van der Waals surface area (Å²) in [6.45, 7) is 1.27. The number of methoxy groups -OCH3 is 3. The predicted octanol–water partition coefficient (Wildman–Crippen LogP) is 4.88. The lowest BCUT2D eigenvalue weighted by Crippen LogP contribution is -2.43. The molecule has 0 spiro atoms. The second kappa shape index (κ2) is 8.44. The second-order valence-corrected chi connectivity index (χ2v) is 9.05. The highest BCUT2D eigenvalue weighted by Gasteiger charge is 2.41. The fourth-order valence-corrected chi connectivity index (χ4v) is 5.82. The minimum atomic E-state index is 0.158. The van der Waals surface area contributed by atoms with E-state index in [9.17, 15) is 0 Å². The Hall–Kier alpha value is -3.38. The predicted molar refractivity (Wildman–Crippen MR) is 128 cm³/mol. The third-order valence-corrected chi connectivity index (χ3v) is 7.44. The smallest absolute Gasteiger partial charge is 0.231 e. The summed E-state index contributed by atoms with van der Waals surface area (Å²) in [5.41, 5.74) is 6.51. The zero-order valence-corrected chi connectivity index (χ0v) is 19.8. The molecule has 6 nitrogen and oxygen atoms in total. The number of hydrogen-bond acceptors (Lipinski definition) is 6. The van der Waals surface area contributed by atoms with Gasteiger partial charge in [0.15, 0.2) is 23.0 Å². The molecule has 6 rings (SSSR count). The highest BCUT2D eigenvalue weighted by Crippen LogP contribution is 2.51.